The molecule has 0 saturated heterocycles. The van der Waals surface area contributed by atoms with Gasteiger partial charge in [0.15, 0.2) is 0 Å². The smallest absolute Gasteiger partial charge is 0.306 e. The van der Waals surface area contributed by atoms with E-state index in [1.165, 1.54) is 173 Å². The van der Waals surface area contributed by atoms with Gasteiger partial charge in [-0.2, -0.15) is 0 Å². The lowest BCUT2D eigenvalue weighted by molar-refractivity contribution is -0.151. The Hall–Kier alpha value is -1.14. The topological polar surface area (TPSA) is 95.9 Å². The Bertz CT molecular complexity index is 761. The van der Waals surface area contributed by atoms with E-state index in [1.54, 1.807) is 0 Å². The Labute approximate surface area is 330 Å². The molecule has 0 aromatic rings. The van der Waals surface area contributed by atoms with Gasteiger partial charge in [-0.15, -0.1) is 0 Å². The monoisotopic (exact) mass is 752 g/mol. The number of hydrogen-bond acceptors (Lipinski definition) is 5. The van der Waals surface area contributed by atoms with Gasteiger partial charge in [-0.25, -0.2) is 0 Å². The van der Waals surface area contributed by atoms with Crippen LogP contribution in [0.25, 0.3) is 0 Å². The largest absolute Gasteiger partial charge is 0.462 e. The second-order valence-corrected chi connectivity index (χ2v) is 16.5. The van der Waals surface area contributed by atoms with Crippen LogP contribution in [0, 0.1) is 0 Å². The molecule has 53 heavy (non-hydrogen) atoms. The van der Waals surface area contributed by atoms with Gasteiger partial charge >= 0.3 is 5.97 Å². The van der Waals surface area contributed by atoms with Gasteiger partial charge in [-0.05, 0) is 25.7 Å². The van der Waals surface area contributed by atoms with Crippen LogP contribution in [0.4, 0.5) is 0 Å². The Kier molecular flexibility index (Phi) is 41.1. The van der Waals surface area contributed by atoms with E-state index in [-0.39, 0.29) is 24.9 Å². The van der Waals surface area contributed by atoms with E-state index in [9.17, 15) is 19.8 Å². The van der Waals surface area contributed by atoms with E-state index < -0.39 is 18.2 Å². The van der Waals surface area contributed by atoms with E-state index in [1.807, 2.05) is 0 Å². The quantitative estimate of drug-likeness (QED) is 0.0426. The Morgan fingerprint density at radius 2 is 0.792 bits per heavy atom. The van der Waals surface area contributed by atoms with Gasteiger partial charge < -0.3 is 20.3 Å². The molecule has 1 amide bonds. The van der Waals surface area contributed by atoms with E-state index in [4.69, 9.17) is 4.74 Å². The zero-order valence-electron chi connectivity index (χ0n) is 35.9. The Morgan fingerprint density at radius 1 is 0.472 bits per heavy atom. The fraction of sp³-hybridized carbons (Fsp3) is 0.957. The highest BCUT2D eigenvalue weighted by Gasteiger charge is 2.24. The molecule has 316 valence electrons. The van der Waals surface area contributed by atoms with Crippen LogP contribution in [0.5, 0.6) is 0 Å². The number of hydrogen-bond donors (Lipinski definition) is 3. The number of aliphatic hydroxyl groups excluding tert-OH is 2. The van der Waals surface area contributed by atoms with Crippen molar-refractivity contribution < 1.29 is 24.5 Å². The zero-order chi connectivity index (χ0) is 38.9. The minimum atomic E-state index is -0.777. The lowest BCUT2D eigenvalue weighted by atomic mass is 10.0. The van der Waals surface area contributed by atoms with E-state index >= 15 is 0 Å². The zero-order valence-corrected chi connectivity index (χ0v) is 35.9. The standard InChI is InChI=1S/C47H93NO5/c1-4-7-10-13-16-19-21-23-24-27-29-32-35-38-43(53-47(52)40-37-34-31-26-18-15-12-9-6-3)41-46(51)48-44(42-49)45(50)39-36-33-30-28-25-22-20-17-14-11-8-5-2/h43-45,49-50H,4-42H2,1-3H3,(H,48,51). The molecule has 0 radical (unpaired) electrons. The van der Waals surface area contributed by atoms with Crippen LogP contribution in [-0.4, -0.2) is 46.9 Å². The number of carbonyl (C=O) groups excluding carboxylic acids is 2. The van der Waals surface area contributed by atoms with Crippen LogP contribution in [-0.2, 0) is 14.3 Å². The highest BCUT2D eigenvalue weighted by molar-refractivity contribution is 5.77. The molecule has 0 aromatic carbocycles. The van der Waals surface area contributed by atoms with Crippen molar-refractivity contribution >= 4 is 11.9 Å². The van der Waals surface area contributed by atoms with E-state index in [2.05, 4.69) is 26.1 Å². The SMILES string of the molecule is CCCCCCCCCCCCCCCC(CC(=O)NC(CO)C(O)CCCCCCCCCCCCCC)OC(=O)CCCCCCCCCCC. The molecule has 3 atom stereocenters. The van der Waals surface area contributed by atoms with Crippen molar-refractivity contribution in [2.24, 2.45) is 0 Å². The first-order valence-corrected chi connectivity index (χ1v) is 23.8. The molecule has 0 aliphatic heterocycles. The summed E-state index contributed by atoms with van der Waals surface area (Å²) in [5, 5.41) is 23.7. The summed E-state index contributed by atoms with van der Waals surface area (Å²) < 4.78 is 5.90. The number of carbonyl (C=O) groups is 2. The molecule has 0 spiro atoms. The molecule has 6 nitrogen and oxygen atoms in total. The van der Waals surface area contributed by atoms with Crippen LogP contribution in [0.15, 0.2) is 0 Å². The van der Waals surface area contributed by atoms with Gasteiger partial charge in [-0.3, -0.25) is 9.59 Å². The minimum Gasteiger partial charge on any atom is -0.462 e. The maximum Gasteiger partial charge on any atom is 0.306 e. The summed E-state index contributed by atoms with van der Waals surface area (Å²) in [5.41, 5.74) is 0. The Balaban J connectivity index is 4.52. The van der Waals surface area contributed by atoms with Crippen molar-refractivity contribution in [2.75, 3.05) is 6.61 Å². The van der Waals surface area contributed by atoms with Gasteiger partial charge in [0.05, 0.1) is 25.2 Å². The van der Waals surface area contributed by atoms with Crippen LogP contribution >= 0.6 is 0 Å². The normalized spacial score (nSPS) is 13.2. The molecule has 3 unspecified atom stereocenters. The number of nitrogens with one attached hydrogen (secondary N) is 1. The second kappa shape index (κ2) is 42.0. The van der Waals surface area contributed by atoms with Crippen LogP contribution < -0.4 is 5.32 Å². The summed E-state index contributed by atoms with van der Waals surface area (Å²) in [7, 11) is 0. The first-order chi connectivity index (χ1) is 26.0. The van der Waals surface area contributed by atoms with Crippen molar-refractivity contribution in [3.63, 3.8) is 0 Å². The van der Waals surface area contributed by atoms with Crippen LogP contribution in [0.1, 0.15) is 265 Å². The molecule has 0 bridgehead atoms. The lowest BCUT2D eigenvalue weighted by Gasteiger charge is -2.24. The van der Waals surface area contributed by atoms with Gasteiger partial charge in [0, 0.05) is 6.42 Å². The number of esters is 1. The van der Waals surface area contributed by atoms with Crippen molar-refractivity contribution in [3.8, 4) is 0 Å². The van der Waals surface area contributed by atoms with Crippen molar-refractivity contribution in [1.82, 2.24) is 5.32 Å². The lowest BCUT2D eigenvalue weighted by Crippen LogP contribution is -2.46. The Morgan fingerprint density at radius 3 is 1.15 bits per heavy atom. The predicted octanol–water partition coefficient (Wildman–Crippen LogP) is 13.6. The number of ether oxygens (including phenoxy) is 1. The fourth-order valence-electron chi connectivity index (χ4n) is 7.55. The summed E-state index contributed by atoms with van der Waals surface area (Å²) in [4.78, 5) is 25.9. The van der Waals surface area contributed by atoms with Crippen LogP contribution in [0.2, 0.25) is 0 Å². The van der Waals surface area contributed by atoms with Crippen molar-refractivity contribution in [3.05, 3.63) is 0 Å². The van der Waals surface area contributed by atoms with E-state index in [0.29, 0.717) is 19.3 Å². The number of amides is 1. The van der Waals surface area contributed by atoms with Crippen molar-refractivity contribution in [1.29, 1.82) is 0 Å². The molecule has 0 aromatic heterocycles. The molecule has 0 heterocycles. The summed E-state index contributed by atoms with van der Waals surface area (Å²) in [6.45, 7) is 6.47. The number of unbranched alkanes of at least 4 members (excludes halogenated alkanes) is 31. The average molecular weight is 752 g/mol. The highest BCUT2D eigenvalue weighted by atomic mass is 16.5. The van der Waals surface area contributed by atoms with Gasteiger partial charge in [0.2, 0.25) is 5.91 Å². The third kappa shape index (κ3) is 37.6. The maximum absolute atomic E-state index is 13.1. The first-order valence-electron chi connectivity index (χ1n) is 23.8. The van der Waals surface area contributed by atoms with Gasteiger partial charge in [0.1, 0.15) is 6.10 Å². The molecule has 0 rings (SSSR count). The van der Waals surface area contributed by atoms with E-state index in [0.717, 1.165) is 44.9 Å². The molecule has 0 aliphatic carbocycles. The summed E-state index contributed by atoms with van der Waals surface area (Å²) in [6.07, 6.45) is 43.0. The summed E-state index contributed by atoms with van der Waals surface area (Å²) in [5.74, 6) is -0.459. The third-order valence-electron chi connectivity index (χ3n) is 11.2. The van der Waals surface area contributed by atoms with Gasteiger partial charge in [-0.1, -0.05) is 226 Å². The van der Waals surface area contributed by atoms with Crippen molar-refractivity contribution in [2.45, 2.75) is 283 Å². The number of rotatable bonds is 43. The minimum absolute atomic E-state index is 0.0869. The molecule has 3 N–H and O–H groups in total. The van der Waals surface area contributed by atoms with Crippen LogP contribution in [0.3, 0.4) is 0 Å². The van der Waals surface area contributed by atoms with Gasteiger partial charge in [0.25, 0.3) is 0 Å². The average Bonchev–Trinajstić information content (AvgIpc) is 3.15. The summed E-state index contributed by atoms with van der Waals surface area (Å²) in [6, 6.07) is -0.690. The molecular weight excluding hydrogens is 659 g/mol. The fourth-order valence-corrected chi connectivity index (χ4v) is 7.55. The summed E-state index contributed by atoms with van der Waals surface area (Å²) >= 11 is 0. The maximum atomic E-state index is 13.1. The molecule has 6 heteroatoms. The number of aliphatic hydroxyl groups is 2. The third-order valence-corrected chi connectivity index (χ3v) is 11.2. The second-order valence-electron chi connectivity index (χ2n) is 16.5. The first kappa shape index (κ1) is 51.9. The molecule has 0 fully saturated rings. The molecular formula is C47H93NO5. The highest BCUT2D eigenvalue weighted by Crippen LogP contribution is 2.18. The molecule has 0 aliphatic rings. The molecule has 0 saturated carbocycles. The predicted molar refractivity (Wildman–Crippen MR) is 227 cm³/mol.